The van der Waals surface area contributed by atoms with Crippen LogP contribution in [0.15, 0.2) is 291 Å². The molecule has 0 saturated carbocycles. The first-order valence-electron chi connectivity index (χ1n) is 46.4. The lowest BCUT2D eigenvalue weighted by Gasteiger charge is -2.25. The summed E-state index contributed by atoms with van der Waals surface area (Å²) in [6, 6.07) is 83.4. The third-order valence-corrected chi connectivity index (χ3v) is 22.9. The number of aliphatic carboxylic acids is 4. The molecule has 722 valence electrons. The van der Waals surface area contributed by atoms with Gasteiger partial charge in [0, 0.05) is 117 Å². The average Bonchev–Trinajstić information content (AvgIpc) is 0.810. The standard InChI is InChI=1S/C33H30N2O4.C30H30N2O4.C26H30N2O4S.C25H28N2O4S/c1-2-20-35(32(38)28-16-8-12-25(21-28)19-18-24-10-4-3-5-11-24)33(39)34-29(23-31(36)37)22-27-15-9-14-26-13-6-7-17-30(26)27;1-2-20-32(30(36)31-27(22-28(33)34)19-18-24-12-7-4-8-13-24)29(35)26-15-9-14-25(21-26)17-16-23-10-5-3-6-11-23;1-3-5-17-33-19-23(25(30)31)27-26(32)28(16-4-2)24(29)22-13-9-12-21(18-22)15-14-20-10-7-6-8-11-20;1-3-15-27(25(31)26-22(14-16-32-2)18-23(28)29)24(30)21-11-7-10-20(17-21)13-12-19-8-5-4-6-9-19/h3-17,21,29H,2,20,22-23H2,1H3,(H,34,39)(H,36,37);3-15,21,27H,2,18-20,22H2,1H3,(H,31,36)(H,33,34);6-13,18,23H,3-5,16-17,19H2,1-2H3,(H,27,32)(H,30,31);4-11,17,22H,3,14-16,18H2,1-2H3,(H,26,31)(H,28,29)/t29-;27-;23-;22-/m0000/s1. The van der Waals surface area contributed by atoms with Crippen LogP contribution in [-0.2, 0) is 32.0 Å². The molecule has 140 heavy (non-hydrogen) atoms. The van der Waals surface area contributed by atoms with E-state index in [9.17, 15) is 72.9 Å². The van der Waals surface area contributed by atoms with E-state index in [1.165, 1.54) is 11.8 Å². The number of aryl methyl sites for hydroxylation is 1. The Morgan fingerprint density at radius 2 is 0.621 bits per heavy atom. The van der Waals surface area contributed by atoms with Crippen LogP contribution in [0.5, 0.6) is 0 Å². The first-order valence-corrected chi connectivity index (χ1v) is 49.0. The molecule has 4 atom stereocenters. The highest BCUT2D eigenvalue weighted by Crippen LogP contribution is 2.24. The Morgan fingerprint density at radius 1 is 0.321 bits per heavy atom. The van der Waals surface area contributed by atoms with Crippen molar-refractivity contribution in [2.24, 2.45) is 0 Å². The third kappa shape index (κ3) is 38.4. The zero-order chi connectivity index (χ0) is 101. The van der Waals surface area contributed by atoms with Gasteiger partial charge in [-0.15, -0.1) is 0 Å². The minimum Gasteiger partial charge on any atom is -0.481 e. The molecule has 0 aliphatic carbocycles. The van der Waals surface area contributed by atoms with E-state index < -0.39 is 95.8 Å². The van der Waals surface area contributed by atoms with Gasteiger partial charge in [-0.25, -0.2) is 24.0 Å². The van der Waals surface area contributed by atoms with Crippen LogP contribution in [0.1, 0.15) is 202 Å². The summed E-state index contributed by atoms with van der Waals surface area (Å²) in [5.74, 6) is 20.3. The summed E-state index contributed by atoms with van der Waals surface area (Å²) in [5, 5.41) is 50.4. The first kappa shape index (κ1) is 110. The van der Waals surface area contributed by atoms with Gasteiger partial charge in [0.25, 0.3) is 23.6 Å². The summed E-state index contributed by atoms with van der Waals surface area (Å²) in [6.45, 7) is 10.4. The van der Waals surface area contributed by atoms with Crippen LogP contribution in [-0.4, -0.2) is 186 Å². The zero-order valence-electron chi connectivity index (χ0n) is 79.5. The van der Waals surface area contributed by atoms with Crippen molar-refractivity contribution in [2.75, 3.05) is 49.7 Å². The lowest BCUT2D eigenvalue weighted by atomic mass is 9.97. The van der Waals surface area contributed by atoms with E-state index in [2.05, 4.69) is 75.6 Å². The van der Waals surface area contributed by atoms with Crippen molar-refractivity contribution in [2.45, 2.75) is 142 Å². The van der Waals surface area contributed by atoms with Gasteiger partial charge in [0.15, 0.2) is 0 Å². The van der Waals surface area contributed by atoms with Gasteiger partial charge in [0.2, 0.25) is 0 Å². The van der Waals surface area contributed by atoms with Gasteiger partial charge >= 0.3 is 48.0 Å². The molecule has 0 bridgehead atoms. The Morgan fingerprint density at radius 3 is 0.964 bits per heavy atom. The van der Waals surface area contributed by atoms with Gasteiger partial charge in [-0.2, -0.15) is 23.5 Å². The van der Waals surface area contributed by atoms with E-state index in [4.69, 9.17) is 5.11 Å². The van der Waals surface area contributed by atoms with Crippen molar-refractivity contribution in [3.63, 3.8) is 0 Å². The van der Waals surface area contributed by atoms with Crippen molar-refractivity contribution >= 4 is 106 Å². The minimum absolute atomic E-state index is 0.180. The van der Waals surface area contributed by atoms with Crippen LogP contribution in [0.4, 0.5) is 19.2 Å². The normalized spacial score (nSPS) is 11.1. The quantitative estimate of drug-likeness (QED) is 0.0134. The van der Waals surface area contributed by atoms with Crippen molar-refractivity contribution < 1.29 is 78.0 Å². The molecule has 0 fully saturated rings. The number of unbranched alkanes of at least 4 members (excludes halogenated alkanes) is 1. The van der Waals surface area contributed by atoms with E-state index in [0.717, 1.165) is 82.3 Å². The molecule has 0 heterocycles. The number of carbonyl (C=O) groups is 12. The molecule has 0 aromatic heterocycles. The molecule has 0 unspecified atom stereocenters. The number of thioether (sulfide) groups is 2. The van der Waals surface area contributed by atoms with Gasteiger partial charge in [-0.05, 0) is 219 Å². The number of nitrogens with zero attached hydrogens (tertiary/aromatic N) is 4. The minimum atomic E-state index is -1.12. The predicted octanol–water partition coefficient (Wildman–Crippen LogP) is 19.9. The van der Waals surface area contributed by atoms with Crippen LogP contribution < -0.4 is 21.3 Å². The molecular formula is C114H118N8O16S2. The topological polar surface area (TPSA) is 347 Å². The fraction of sp³-hybridized carbons (Fsp3) is 0.263. The SMILES string of the molecule is CCCCSC[C@H](NC(=O)N(CCC)C(=O)c1cccc(C#Cc2ccccc2)c1)C(=O)O.CCCN(C(=O)N[C@@H](CCSC)CC(=O)O)C(=O)c1cccc(C#Cc2ccccc2)c1.CCCN(C(=O)N[C@@H](CCc1ccccc1)CC(=O)O)C(=O)c1cccc(C#Cc2ccccc2)c1.CCCN(C(=O)N[C@H](CC(=O)O)Cc1cccc2ccccc12)C(=O)c1cccc(C#Cc2ccccc2)c1. The number of carbonyl (C=O) groups excluding carboxylic acids is 8. The highest BCUT2D eigenvalue weighted by atomic mass is 32.2. The van der Waals surface area contributed by atoms with Crippen molar-refractivity contribution in [3.05, 3.63) is 369 Å². The largest absolute Gasteiger partial charge is 0.481 e. The lowest BCUT2D eigenvalue weighted by molar-refractivity contribution is -0.139. The maximum absolute atomic E-state index is 13.4. The van der Waals surface area contributed by atoms with E-state index in [1.807, 2.05) is 246 Å². The molecule has 0 saturated heterocycles. The number of hydrogen-bond acceptors (Lipinski definition) is 14. The monoisotopic (exact) mass is 1920 g/mol. The second-order valence-corrected chi connectivity index (χ2v) is 34.4. The maximum atomic E-state index is 13.4. The first-order chi connectivity index (χ1) is 67.8. The van der Waals surface area contributed by atoms with Crippen LogP contribution in [0, 0.1) is 47.4 Å². The van der Waals surface area contributed by atoms with Crippen LogP contribution in [0.3, 0.4) is 0 Å². The van der Waals surface area contributed by atoms with Gasteiger partial charge in [0.05, 0.1) is 19.3 Å². The van der Waals surface area contributed by atoms with Gasteiger partial charge in [0.1, 0.15) is 6.04 Å². The molecule has 11 rings (SSSR count). The molecule has 0 aliphatic rings. The van der Waals surface area contributed by atoms with Gasteiger partial charge < -0.3 is 41.7 Å². The van der Waals surface area contributed by atoms with Crippen LogP contribution >= 0.6 is 23.5 Å². The highest BCUT2D eigenvalue weighted by Gasteiger charge is 2.32. The second kappa shape index (κ2) is 60.7. The molecule has 0 spiro atoms. The molecule has 24 nitrogen and oxygen atoms in total. The fourth-order valence-electron chi connectivity index (χ4n) is 14.1. The number of imide groups is 4. The Kier molecular flexibility index (Phi) is 47.5. The molecule has 26 heteroatoms. The predicted molar refractivity (Wildman–Crippen MR) is 552 cm³/mol. The van der Waals surface area contributed by atoms with E-state index in [1.54, 1.807) is 90.6 Å². The van der Waals surface area contributed by atoms with Crippen molar-refractivity contribution in [1.82, 2.24) is 40.9 Å². The molecule has 12 amide bonds. The summed E-state index contributed by atoms with van der Waals surface area (Å²) < 4.78 is 0. The van der Waals surface area contributed by atoms with Crippen LogP contribution in [0.2, 0.25) is 0 Å². The van der Waals surface area contributed by atoms with Crippen LogP contribution in [0.25, 0.3) is 10.8 Å². The third-order valence-electron chi connectivity index (χ3n) is 21.1. The molecule has 0 aliphatic heterocycles. The zero-order valence-corrected chi connectivity index (χ0v) is 81.1. The molecule has 11 aromatic rings. The van der Waals surface area contributed by atoms with E-state index >= 15 is 0 Å². The smallest absolute Gasteiger partial charge is 0.327 e. The summed E-state index contributed by atoms with van der Waals surface area (Å²) in [6.07, 6.45) is 7.38. The Bertz CT molecular complexity index is 6240. The van der Waals surface area contributed by atoms with Gasteiger partial charge in [-0.1, -0.05) is 258 Å². The van der Waals surface area contributed by atoms with Crippen molar-refractivity contribution in [3.8, 4) is 47.4 Å². The van der Waals surface area contributed by atoms with E-state index in [-0.39, 0.29) is 51.2 Å². The Balaban J connectivity index is 0.000000229. The number of fused-ring (bicyclic) bond motifs is 1. The second-order valence-electron chi connectivity index (χ2n) is 32.3. The summed E-state index contributed by atoms with van der Waals surface area (Å²) >= 11 is 3.05. The summed E-state index contributed by atoms with van der Waals surface area (Å²) in [7, 11) is 0. The lowest BCUT2D eigenvalue weighted by Crippen LogP contribution is -2.51. The Hall–Kier alpha value is -15.7. The molecule has 11 aromatic carbocycles. The number of carboxylic acids is 4. The molecule has 0 radical (unpaired) electrons. The Labute approximate surface area is 827 Å². The summed E-state index contributed by atoms with van der Waals surface area (Å²) in [4.78, 5) is 155. The molecule has 8 N–H and O–H groups in total. The summed E-state index contributed by atoms with van der Waals surface area (Å²) in [5.41, 5.74) is 9.42. The number of rotatable bonds is 36. The van der Waals surface area contributed by atoms with Crippen molar-refractivity contribution in [1.29, 1.82) is 0 Å². The number of urea groups is 4. The van der Waals surface area contributed by atoms with E-state index in [0.29, 0.717) is 102 Å². The maximum Gasteiger partial charge on any atom is 0.327 e. The number of carboxylic acid groups (broad SMARTS) is 4. The van der Waals surface area contributed by atoms with Gasteiger partial charge in [-0.3, -0.25) is 53.2 Å². The fourth-order valence-corrected chi connectivity index (χ4v) is 15.8. The molecular weight excluding hydrogens is 1800 g/mol. The number of hydrogen-bond donors (Lipinski definition) is 8. The number of benzene rings is 11. The number of amides is 12. The number of nitrogens with one attached hydrogen (secondary N) is 4. The highest BCUT2D eigenvalue weighted by molar-refractivity contribution is 7.99. The average molecular weight is 1920 g/mol.